The molecule has 0 atom stereocenters. The van der Waals surface area contributed by atoms with Crippen LogP contribution in [0.1, 0.15) is 11.5 Å². The van der Waals surface area contributed by atoms with Crippen molar-refractivity contribution in [3.8, 4) is 0 Å². The van der Waals surface area contributed by atoms with E-state index in [0.717, 1.165) is 5.56 Å². The lowest BCUT2D eigenvalue weighted by molar-refractivity contribution is -0.0271. The molecule has 0 bridgehead atoms. The van der Waals surface area contributed by atoms with Gasteiger partial charge < -0.3 is 4.42 Å². The first-order valence-electron chi connectivity index (χ1n) is 6.28. The lowest BCUT2D eigenvalue weighted by Crippen LogP contribution is -2.09. The number of oxazole rings is 1. The molecule has 2 aromatic carbocycles. The second-order valence-corrected chi connectivity index (χ2v) is 4.56. The van der Waals surface area contributed by atoms with E-state index in [2.05, 4.69) is 15.2 Å². The summed E-state index contributed by atoms with van der Waals surface area (Å²) < 4.78 is 32.9. The molecule has 4 nitrogen and oxygen atoms in total. The summed E-state index contributed by atoms with van der Waals surface area (Å²) in [4.78, 5) is 3.74. The topological polar surface area (TPSA) is 50.8 Å². The van der Waals surface area contributed by atoms with Crippen molar-refractivity contribution in [3.05, 3.63) is 60.0 Å². The zero-order valence-corrected chi connectivity index (χ0v) is 11.1. The third-order valence-electron chi connectivity index (χ3n) is 2.88. The van der Waals surface area contributed by atoms with Crippen molar-refractivity contribution < 1.29 is 13.2 Å². The Morgan fingerprint density at radius 2 is 1.76 bits per heavy atom. The van der Waals surface area contributed by atoms with Gasteiger partial charge in [0.25, 0.3) is 5.89 Å². The number of fused-ring (bicyclic) bond motifs is 1. The van der Waals surface area contributed by atoms with Crippen molar-refractivity contribution in [2.24, 2.45) is 10.2 Å². The van der Waals surface area contributed by atoms with E-state index in [-0.39, 0.29) is 5.58 Å². The van der Waals surface area contributed by atoms with Crippen LogP contribution >= 0.6 is 0 Å². The van der Waals surface area contributed by atoms with Gasteiger partial charge in [0, 0.05) is 0 Å². The molecule has 0 radical (unpaired) electrons. The largest absolute Gasteiger partial charge is 0.436 e. The van der Waals surface area contributed by atoms with E-state index in [1.54, 1.807) is 48.5 Å². The Morgan fingerprint density at radius 3 is 2.48 bits per heavy atom. The maximum Gasteiger partial charge on any atom is 0.436 e. The summed E-state index contributed by atoms with van der Waals surface area (Å²) in [5.74, 6) is -0.764. The quantitative estimate of drug-likeness (QED) is 0.504. The van der Waals surface area contributed by atoms with Gasteiger partial charge in [0.2, 0.25) is 0 Å². The Balaban J connectivity index is 1.90. The Bertz CT molecular complexity index is 761. The smallest absolute Gasteiger partial charge is 0.433 e. The number of benzene rings is 2. The molecule has 0 aliphatic rings. The highest BCUT2D eigenvalue weighted by molar-refractivity contribution is 5.72. The molecule has 1 aromatic heterocycles. The number of hydrogen-bond acceptors (Lipinski definition) is 4. The van der Waals surface area contributed by atoms with Gasteiger partial charge in [-0.2, -0.15) is 8.78 Å². The Labute approximate surface area is 119 Å². The number of alkyl halides is 2. The fraction of sp³-hybridized carbons (Fsp3) is 0.133. The number of nitrogens with zero attached hydrogens (tertiary/aromatic N) is 3. The van der Waals surface area contributed by atoms with Gasteiger partial charge in [0.1, 0.15) is 5.52 Å². The molecule has 0 spiro atoms. The minimum absolute atomic E-state index is 0.290. The molecule has 3 rings (SSSR count). The molecule has 6 heteroatoms. The number of hydrogen-bond donors (Lipinski definition) is 0. The lowest BCUT2D eigenvalue weighted by Gasteiger charge is -2.04. The molecule has 3 aromatic rings. The summed E-state index contributed by atoms with van der Waals surface area (Å²) in [5, 5.41) is 6.60. The second kappa shape index (κ2) is 5.05. The van der Waals surface area contributed by atoms with Crippen molar-refractivity contribution in [2.45, 2.75) is 13.0 Å². The molecule has 0 amide bonds. The van der Waals surface area contributed by atoms with Crippen LogP contribution in [0.3, 0.4) is 0 Å². The average molecular weight is 287 g/mol. The van der Waals surface area contributed by atoms with Gasteiger partial charge in [-0.3, -0.25) is 0 Å². The number of rotatable bonds is 3. The fourth-order valence-electron chi connectivity index (χ4n) is 1.78. The summed E-state index contributed by atoms with van der Waals surface area (Å²) in [6, 6.07) is 9.70. The summed E-state index contributed by atoms with van der Waals surface area (Å²) in [6.07, 6.45) is 0. The van der Waals surface area contributed by atoms with Gasteiger partial charge in [0.15, 0.2) is 5.58 Å². The normalized spacial score (nSPS) is 12.3. The molecule has 0 saturated heterocycles. The van der Waals surface area contributed by atoms with Gasteiger partial charge in [-0.05, 0) is 31.2 Å². The average Bonchev–Trinajstić information content (AvgIpc) is 2.91. The number of azo groups is 1. The van der Waals surface area contributed by atoms with E-state index in [1.807, 2.05) is 6.92 Å². The summed E-state index contributed by atoms with van der Waals surface area (Å²) >= 11 is 0. The fourth-order valence-corrected chi connectivity index (χ4v) is 1.78. The van der Waals surface area contributed by atoms with Crippen LogP contribution < -0.4 is 0 Å². The van der Waals surface area contributed by atoms with Crippen LogP contribution in [0.2, 0.25) is 0 Å². The number of para-hydroxylation sites is 2. The molecule has 0 unspecified atom stereocenters. The molecule has 0 N–H and O–H groups in total. The summed E-state index contributed by atoms with van der Waals surface area (Å²) in [7, 11) is 0. The highest BCUT2D eigenvalue weighted by Gasteiger charge is 2.38. The predicted octanol–water partition coefficient (Wildman–Crippen LogP) is 4.97. The number of aryl methyl sites for hydroxylation is 1. The van der Waals surface area contributed by atoms with E-state index < -0.39 is 11.9 Å². The first-order chi connectivity index (χ1) is 10.0. The first-order valence-corrected chi connectivity index (χ1v) is 6.28. The number of aromatic nitrogens is 1. The number of halogens is 2. The maximum absolute atomic E-state index is 13.9. The second-order valence-electron chi connectivity index (χ2n) is 4.56. The van der Waals surface area contributed by atoms with Gasteiger partial charge in [-0.25, -0.2) is 4.98 Å². The molecule has 106 valence electrons. The van der Waals surface area contributed by atoms with Gasteiger partial charge in [-0.15, -0.1) is 10.2 Å². The van der Waals surface area contributed by atoms with E-state index in [9.17, 15) is 8.78 Å². The molecule has 0 aliphatic carbocycles. The van der Waals surface area contributed by atoms with E-state index in [1.165, 1.54) is 0 Å². The third kappa shape index (κ3) is 2.79. The van der Waals surface area contributed by atoms with Crippen LogP contribution in [0.5, 0.6) is 0 Å². The first kappa shape index (κ1) is 13.4. The van der Waals surface area contributed by atoms with Gasteiger partial charge in [0.05, 0.1) is 5.69 Å². The Morgan fingerprint density at radius 1 is 1.05 bits per heavy atom. The van der Waals surface area contributed by atoms with Gasteiger partial charge >= 0.3 is 6.05 Å². The van der Waals surface area contributed by atoms with Crippen molar-refractivity contribution in [1.82, 2.24) is 4.98 Å². The Hall–Kier alpha value is -2.63. The maximum atomic E-state index is 13.9. The van der Waals surface area contributed by atoms with Crippen molar-refractivity contribution in [1.29, 1.82) is 0 Å². The van der Waals surface area contributed by atoms with E-state index >= 15 is 0 Å². The van der Waals surface area contributed by atoms with Crippen LogP contribution in [0.25, 0.3) is 11.1 Å². The van der Waals surface area contributed by atoms with E-state index in [4.69, 9.17) is 4.42 Å². The summed E-state index contributed by atoms with van der Waals surface area (Å²) in [5.41, 5.74) is 2.01. The van der Waals surface area contributed by atoms with Crippen LogP contribution in [0.4, 0.5) is 14.5 Å². The monoisotopic (exact) mass is 287 g/mol. The predicted molar refractivity (Wildman–Crippen MR) is 73.6 cm³/mol. The highest BCUT2D eigenvalue weighted by atomic mass is 19.3. The van der Waals surface area contributed by atoms with E-state index in [0.29, 0.717) is 11.2 Å². The van der Waals surface area contributed by atoms with Crippen molar-refractivity contribution in [3.63, 3.8) is 0 Å². The molecular weight excluding hydrogens is 276 g/mol. The zero-order chi connectivity index (χ0) is 14.9. The SMILES string of the molecule is Cc1ccc(N=NC(F)(F)c2nc3ccccc3o2)cc1. The van der Waals surface area contributed by atoms with Crippen molar-refractivity contribution >= 4 is 16.8 Å². The molecule has 1 heterocycles. The summed E-state index contributed by atoms with van der Waals surface area (Å²) in [6.45, 7) is 1.90. The highest BCUT2D eigenvalue weighted by Crippen LogP contribution is 2.32. The van der Waals surface area contributed by atoms with Crippen molar-refractivity contribution in [2.75, 3.05) is 0 Å². The van der Waals surface area contributed by atoms with Crippen LogP contribution in [0.15, 0.2) is 63.2 Å². The zero-order valence-electron chi connectivity index (χ0n) is 11.1. The molecule has 0 aliphatic heterocycles. The third-order valence-corrected chi connectivity index (χ3v) is 2.88. The molecule has 0 fully saturated rings. The van der Waals surface area contributed by atoms with Crippen LogP contribution in [-0.4, -0.2) is 4.98 Å². The van der Waals surface area contributed by atoms with Crippen LogP contribution in [-0.2, 0) is 6.05 Å². The lowest BCUT2D eigenvalue weighted by atomic mass is 10.2. The van der Waals surface area contributed by atoms with Gasteiger partial charge in [-0.1, -0.05) is 29.8 Å². The standard InChI is InChI=1S/C15H11F2N3O/c1-10-6-8-11(9-7-10)19-20-15(16,17)14-18-12-4-2-3-5-13(12)21-14/h2-9H,1H3. The molecule has 21 heavy (non-hydrogen) atoms. The minimum atomic E-state index is -3.61. The minimum Gasteiger partial charge on any atom is -0.433 e. The Kier molecular flexibility index (Phi) is 3.21. The van der Waals surface area contributed by atoms with Crippen LogP contribution in [0, 0.1) is 6.92 Å². The molecular formula is C15H11F2N3O. The molecule has 0 saturated carbocycles.